The fraction of sp³-hybridized carbons (Fsp3) is 0.222. The maximum atomic E-state index is 12.8. The highest BCUT2D eigenvalue weighted by Crippen LogP contribution is 2.30. The third-order valence-corrected chi connectivity index (χ3v) is 3.96. The van der Waals surface area contributed by atoms with E-state index in [-0.39, 0.29) is 12.2 Å². The molecule has 5 nitrogen and oxygen atoms in total. The number of alkyl halides is 3. The Balaban J connectivity index is 1.75. The van der Waals surface area contributed by atoms with Gasteiger partial charge >= 0.3 is 12.2 Å². The van der Waals surface area contributed by atoms with Gasteiger partial charge in [-0.25, -0.2) is 9.78 Å². The minimum atomic E-state index is -4.46. The van der Waals surface area contributed by atoms with Gasteiger partial charge in [0.15, 0.2) is 0 Å². The summed E-state index contributed by atoms with van der Waals surface area (Å²) >= 11 is 0. The van der Waals surface area contributed by atoms with Crippen LogP contribution in [0, 0.1) is 0 Å². The molecule has 2 amide bonds. The second-order valence-electron chi connectivity index (χ2n) is 5.70. The van der Waals surface area contributed by atoms with Crippen molar-refractivity contribution < 1.29 is 18.0 Å². The Morgan fingerprint density at radius 1 is 1.23 bits per heavy atom. The second kappa shape index (κ2) is 7.07. The van der Waals surface area contributed by atoms with Crippen molar-refractivity contribution in [2.45, 2.75) is 19.6 Å². The van der Waals surface area contributed by atoms with Gasteiger partial charge in [0.1, 0.15) is 5.65 Å². The summed E-state index contributed by atoms with van der Waals surface area (Å²) in [6.07, 6.45) is -0.937. The highest BCUT2D eigenvalue weighted by Gasteiger charge is 2.30. The fourth-order valence-electron chi connectivity index (χ4n) is 2.60. The van der Waals surface area contributed by atoms with Crippen LogP contribution >= 0.6 is 0 Å². The zero-order valence-electron chi connectivity index (χ0n) is 14.0. The van der Waals surface area contributed by atoms with Gasteiger partial charge in [0.05, 0.1) is 24.0 Å². The van der Waals surface area contributed by atoms with Gasteiger partial charge in [0.2, 0.25) is 0 Å². The zero-order valence-corrected chi connectivity index (χ0v) is 14.0. The largest absolute Gasteiger partial charge is 0.416 e. The Morgan fingerprint density at radius 2 is 2.04 bits per heavy atom. The molecule has 0 spiro atoms. The molecule has 0 bridgehead atoms. The number of anilines is 1. The van der Waals surface area contributed by atoms with Crippen LogP contribution in [0.5, 0.6) is 0 Å². The molecule has 3 rings (SSSR count). The molecular formula is C18H17F3N4O. The molecule has 0 saturated heterocycles. The summed E-state index contributed by atoms with van der Waals surface area (Å²) in [7, 11) is 0. The minimum Gasteiger partial charge on any atom is -0.319 e. The maximum Gasteiger partial charge on any atom is 0.416 e. The Morgan fingerprint density at radius 3 is 2.77 bits per heavy atom. The molecule has 0 saturated carbocycles. The molecular weight excluding hydrogens is 345 g/mol. The highest BCUT2D eigenvalue weighted by molar-refractivity contribution is 5.89. The van der Waals surface area contributed by atoms with Gasteiger partial charge in [-0.15, -0.1) is 0 Å². The van der Waals surface area contributed by atoms with Gasteiger partial charge in [-0.05, 0) is 37.3 Å². The van der Waals surface area contributed by atoms with Crippen molar-refractivity contribution in [2.24, 2.45) is 0 Å². The first-order valence-electron chi connectivity index (χ1n) is 8.02. The smallest absolute Gasteiger partial charge is 0.319 e. The molecule has 0 fully saturated rings. The lowest BCUT2D eigenvalue weighted by molar-refractivity contribution is -0.137. The van der Waals surface area contributed by atoms with E-state index in [9.17, 15) is 18.0 Å². The van der Waals surface area contributed by atoms with Crippen molar-refractivity contribution >= 4 is 17.4 Å². The predicted octanol–water partition coefficient (Wildman–Crippen LogP) is 4.41. The Hall–Kier alpha value is -3.03. The van der Waals surface area contributed by atoms with Crippen molar-refractivity contribution in [2.75, 3.05) is 11.9 Å². The average Bonchev–Trinajstić information content (AvgIpc) is 3.02. The van der Waals surface area contributed by atoms with Gasteiger partial charge in [0.25, 0.3) is 0 Å². The molecule has 26 heavy (non-hydrogen) atoms. The SMILES string of the molecule is CCN(Cc1cnc2ccccn12)C(=O)Nc1cccc(C(F)(F)F)c1. The van der Waals surface area contributed by atoms with E-state index in [1.54, 1.807) is 13.1 Å². The van der Waals surface area contributed by atoms with E-state index < -0.39 is 17.8 Å². The third kappa shape index (κ3) is 3.79. The van der Waals surface area contributed by atoms with Gasteiger partial charge in [-0.3, -0.25) is 0 Å². The number of pyridine rings is 1. The molecule has 2 aromatic heterocycles. The summed E-state index contributed by atoms with van der Waals surface area (Å²) in [5, 5.41) is 2.52. The average molecular weight is 362 g/mol. The van der Waals surface area contributed by atoms with Gasteiger partial charge in [-0.1, -0.05) is 12.1 Å². The lowest BCUT2D eigenvalue weighted by atomic mass is 10.2. The van der Waals surface area contributed by atoms with Crippen LogP contribution in [-0.2, 0) is 12.7 Å². The summed E-state index contributed by atoms with van der Waals surface area (Å²) in [5.74, 6) is 0. The molecule has 1 N–H and O–H groups in total. The van der Waals surface area contributed by atoms with E-state index in [2.05, 4.69) is 10.3 Å². The number of fused-ring (bicyclic) bond motifs is 1. The first-order valence-corrected chi connectivity index (χ1v) is 8.02. The van der Waals surface area contributed by atoms with Gasteiger partial charge in [0, 0.05) is 18.4 Å². The Bertz CT molecular complexity index is 920. The molecule has 0 radical (unpaired) electrons. The number of aromatic nitrogens is 2. The molecule has 0 aliphatic rings. The van der Waals surface area contributed by atoms with Crippen molar-refractivity contribution in [3.8, 4) is 0 Å². The molecule has 2 heterocycles. The normalized spacial score (nSPS) is 11.5. The van der Waals surface area contributed by atoms with Crippen LogP contribution in [-0.4, -0.2) is 26.9 Å². The second-order valence-corrected chi connectivity index (χ2v) is 5.70. The van der Waals surface area contributed by atoms with Crippen molar-refractivity contribution in [3.63, 3.8) is 0 Å². The van der Waals surface area contributed by atoms with Gasteiger partial charge < -0.3 is 14.6 Å². The quantitative estimate of drug-likeness (QED) is 0.748. The molecule has 8 heteroatoms. The third-order valence-electron chi connectivity index (χ3n) is 3.96. The number of nitrogens with one attached hydrogen (secondary N) is 1. The molecule has 3 aromatic rings. The summed E-state index contributed by atoms with van der Waals surface area (Å²) in [5.41, 5.74) is 0.861. The van der Waals surface area contributed by atoms with E-state index >= 15 is 0 Å². The Kier molecular flexibility index (Phi) is 4.83. The minimum absolute atomic E-state index is 0.0985. The zero-order chi connectivity index (χ0) is 18.7. The van der Waals surface area contributed by atoms with Gasteiger partial charge in [-0.2, -0.15) is 13.2 Å². The summed E-state index contributed by atoms with van der Waals surface area (Å²) in [6, 6.07) is 9.67. The fourth-order valence-corrected chi connectivity index (χ4v) is 2.60. The number of rotatable bonds is 4. The molecule has 0 aliphatic carbocycles. The molecule has 136 valence electrons. The maximum absolute atomic E-state index is 12.8. The van der Waals surface area contributed by atoms with Crippen LogP contribution in [0.4, 0.5) is 23.7 Å². The van der Waals surface area contributed by atoms with Crippen LogP contribution in [0.1, 0.15) is 18.2 Å². The van der Waals surface area contributed by atoms with E-state index in [0.29, 0.717) is 6.54 Å². The summed E-state index contributed by atoms with van der Waals surface area (Å²) in [4.78, 5) is 18.2. The van der Waals surface area contributed by atoms with E-state index in [0.717, 1.165) is 23.5 Å². The van der Waals surface area contributed by atoms with Crippen LogP contribution in [0.25, 0.3) is 5.65 Å². The number of imidazole rings is 1. The van der Waals surface area contributed by atoms with E-state index in [1.165, 1.54) is 17.0 Å². The lowest BCUT2D eigenvalue weighted by Gasteiger charge is -2.21. The number of carbonyl (C=O) groups is 1. The number of carbonyl (C=O) groups excluding carboxylic acids is 1. The molecule has 0 unspecified atom stereocenters. The predicted molar refractivity (Wildman–Crippen MR) is 91.7 cm³/mol. The first-order chi connectivity index (χ1) is 12.4. The number of hydrogen-bond donors (Lipinski definition) is 1. The lowest BCUT2D eigenvalue weighted by Crippen LogP contribution is -2.34. The topological polar surface area (TPSA) is 49.6 Å². The number of hydrogen-bond acceptors (Lipinski definition) is 2. The summed E-state index contributed by atoms with van der Waals surface area (Å²) < 4.78 is 40.3. The summed E-state index contributed by atoms with van der Waals surface area (Å²) in [6.45, 7) is 2.48. The van der Waals surface area contributed by atoms with Crippen LogP contribution in [0.15, 0.2) is 54.9 Å². The van der Waals surface area contributed by atoms with E-state index in [4.69, 9.17) is 0 Å². The van der Waals surface area contributed by atoms with Crippen molar-refractivity contribution in [1.82, 2.24) is 14.3 Å². The number of nitrogens with zero attached hydrogens (tertiary/aromatic N) is 3. The van der Waals surface area contributed by atoms with E-state index in [1.807, 2.05) is 28.8 Å². The van der Waals surface area contributed by atoms with Crippen molar-refractivity contribution in [3.05, 3.63) is 66.1 Å². The van der Waals surface area contributed by atoms with Crippen LogP contribution < -0.4 is 5.32 Å². The Labute approximate surface area is 148 Å². The van der Waals surface area contributed by atoms with Crippen LogP contribution in [0.2, 0.25) is 0 Å². The number of halogens is 3. The highest BCUT2D eigenvalue weighted by atomic mass is 19.4. The molecule has 1 aromatic carbocycles. The standard InChI is InChI=1S/C18H17F3N4O/c1-2-24(12-15-11-22-16-8-3-4-9-25(15)16)17(26)23-14-7-5-6-13(10-14)18(19,20)21/h3-11H,2,12H2,1H3,(H,23,26). The number of amides is 2. The van der Waals surface area contributed by atoms with Crippen LogP contribution in [0.3, 0.4) is 0 Å². The first kappa shape index (κ1) is 17.8. The molecule has 0 atom stereocenters. The molecule has 0 aliphatic heterocycles. The number of benzene rings is 1. The van der Waals surface area contributed by atoms with Crippen molar-refractivity contribution in [1.29, 1.82) is 0 Å². The monoisotopic (exact) mass is 362 g/mol. The number of urea groups is 1.